The molecule has 0 radical (unpaired) electrons. The average molecular weight is 633 g/mol. The van der Waals surface area contributed by atoms with Crippen molar-refractivity contribution >= 4 is 21.6 Å². The summed E-state index contributed by atoms with van der Waals surface area (Å²) in [6.07, 6.45) is -54.0. The van der Waals surface area contributed by atoms with E-state index >= 15 is 0 Å². The summed E-state index contributed by atoms with van der Waals surface area (Å²) < 4.78 is 245. The van der Waals surface area contributed by atoms with Gasteiger partial charge in [-0.1, -0.05) is 0 Å². The molecule has 0 bridgehead atoms. The van der Waals surface area contributed by atoms with Crippen molar-refractivity contribution in [2.75, 3.05) is 37.0 Å². The third-order valence-electron chi connectivity index (χ3n) is 3.59. The van der Waals surface area contributed by atoms with Crippen molar-refractivity contribution < 1.29 is 79.0 Å². The van der Waals surface area contributed by atoms with Crippen molar-refractivity contribution in [3.05, 3.63) is 0 Å². The molecule has 0 aliphatic carbocycles. The van der Waals surface area contributed by atoms with E-state index in [0.29, 0.717) is 0 Å². The molecule has 24 heteroatoms. The molecule has 0 unspecified atom stereocenters. The summed E-state index contributed by atoms with van der Waals surface area (Å²) in [5.41, 5.74) is 0. The van der Waals surface area contributed by atoms with Gasteiger partial charge in [-0.2, -0.15) is 79.0 Å². The highest BCUT2D eigenvalue weighted by Gasteiger charge is 2.55. The highest BCUT2D eigenvalue weighted by molar-refractivity contribution is 7.87. The normalized spacial score (nSPS) is 20.8. The Labute approximate surface area is 189 Å². The molecule has 36 heavy (non-hydrogen) atoms. The lowest BCUT2D eigenvalue weighted by molar-refractivity contribution is -0.113. The molecule has 0 saturated heterocycles. The van der Waals surface area contributed by atoms with Crippen LogP contribution in [0.5, 0.6) is 0 Å². The maximum Gasteiger partial charge on any atom is 0.395 e. The molecular weight excluding hydrogens is 621 g/mol. The van der Waals surface area contributed by atoms with Gasteiger partial charge in [-0.15, -0.1) is 0 Å². The lowest BCUT2D eigenvalue weighted by atomic mass is 10.8. The minimum absolute atomic E-state index is 2.54. The third kappa shape index (κ3) is 12.3. The SMILES string of the molecule is FC(F)(F)CP1(CC(F)(F)F)=NP(CC(F)(F)F)(CC(F)(F)F)=NP(CC(F)(F)F)(CC(F)(F)F)=N1. The van der Waals surface area contributed by atoms with Gasteiger partial charge < -0.3 is 0 Å². The summed E-state index contributed by atoms with van der Waals surface area (Å²) in [6, 6.07) is 0. The zero-order valence-electron chi connectivity index (χ0n) is 16.7. The summed E-state index contributed by atoms with van der Waals surface area (Å²) in [5, 5.41) is 0. The van der Waals surface area contributed by atoms with E-state index in [-0.39, 0.29) is 0 Å². The Morgan fingerprint density at radius 2 is 0.389 bits per heavy atom. The summed E-state index contributed by atoms with van der Waals surface area (Å²) in [7, 11) is -18.6. The van der Waals surface area contributed by atoms with Crippen molar-refractivity contribution in [1.82, 2.24) is 0 Å². The molecule has 0 aromatic heterocycles. The minimum Gasteiger partial charge on any atom is -0.239 e. The summed E-state index contributed by atoms with van der Waals surface area (Å²) in [6.45, 7) is 0. The minimum atomic E-state index is -6.22. The second kappa shape index (κ2) is 9.87. The average Bonchev–Trinajstić information content (AvgIpc) is 2.30. The highest BCUT2D eigenvalue weighted by atomic mass is 31.3. The van der Waals surface area contributed by atoms with Crippen LogP contribution in [0.15, 0.2) is 13.5 Å². The Morgan fingerprint density at radius 3 is 0.472 bits per heavy atom. The molecule has 1 aliphatic rings. The molecule has 0 fully saturated rings. The quantitative estimate of drug-likeness (QED) is 0.207. The van der Waals surface area contributed by atoms with Gasteiger partial charge >= 0.3 is 37.1 Å². The third-order valence-corrected chi connectivity index (χ3v) is 16.8. The largest absolute Gasteiger partial charge is 0.395 e. The van der Waals surface area contributed by atoms with E-state index in [2.05, 4.69) is 13.5 Å². The Morgan fingerprint density at radius 1 is 0.278 bits per heavy atom. The Kier molecular flexibility index (Phi) is 9.18. The van der Waals surface area contributed by atoms with Crippen LogP contribution in [0.3, 0.4) is 0 Å². The van der Waals surface area contributed by atoms with Crippen LogP contribution in [0.4, 0.5) is 79.0 Å². The van der Waals surface area contributed by atoms with Gasteiger partial charge in [-0.05, 0) is 0 Å². The fourth-order valence-corrected chi connectivity index (χ4v) is 18.9. The van der Waals surface area contributed by atoms with Crippen molar-refractivity contribution in [3.8, 4) is 0 Å². The van der Waals surface area contributed by atoms with Gasteiger partial charge in [0.25, 0.3) is 0 Å². The topological polar surface area (TPSA) is 37.1 Å². The highest BCUT2D eigenvalue weighted by Crippen LogP contribution is 2.82. The van der Waals surface area contributed by atoms with Crippen molar-refractivity contribution in [2.45, 2.75) is 37.1 Å². The van der Waals surface area contributed by atoms with Gasteiger partial charge in [-0.25, -0.2) is 13.5 Å². The van der Waals surface area contributed by atoms with Gasteiger partial charge in [0, 0.05) is 0 Å². The number of alkyl halides is 18. The molecule has 0 N–H and O–H groups in total. The Balaban J connectivity index is 4.41. The van der Waals surface area contributed by atoms with Gasteiger partial charge in [0.15, 0.2) is 0 Å². The first-order chi connectivity index (χ1) is 15.4. The zero-order chi connectivity index (χ0) is 28.9. The van der Waals surface area contributed by atoms with Crippen LogP contribution in [0.1, 0.15) is 0 Å². The Hall–Kier alpha value is -0.570. The summed E-state index contributed by atoms with van der Waals surface area (Å²) in [5.74, 6) is 0. The van der Waals surface area contributed by atoms with E-state index in [1.807, 2.05) is 0 Å². The second-order valence-electron chi connectivity index (χ2n) is 7.54. The molecule has 0 atom stereocenters. The van der Waals surface area contributed by atoms with Crippen LogP contribution in [-0.2, 0) is 0 Å². The van der Waals surface area contributed by atoms with E-state index < -0.39 is 95.6 Å². The summed E-state index contributed by atoms with van der Waals surface area (Å²) >= 11 is 0. The van der Waals surface area contributed by atoms with Crippen LogP contribution in [-0.4, -0.2) is 74.0 Å². The van der Waals surface area contributed by atoms with Gasteiger partial charge in [0.05, 0.1) is 58.6 Å². The molecule has 216 valence electrons. The zero-order valence-corrected chi connectivity index (χ0v) is 19.4. The number of rotatable bonds is 6. The number of nitrogens with zero attached hydrogens (tertiary/aromatic N) is 3. The number of halogens is 18. The fourth-order valence-electron chi connectivity index (χ4n) is 3.25. The molecule has 1 aliphatic heterocycles. The first-order valence-corrected chi connectivity index (χ1v) is 14.8. The lowest BCUT2D eigenvalue weighted by Crippen LogP contribution is -2.27. The molecule has 0 amide bonds. The first kappa shape index (κ1) is 33.5. The molecule has 0 aromatic carbocycles. The monoisotopic (exact) mass is 633 g/mol. The standard InChI is InChI=1S/C12H12F18N3P3/c13-7(14,15)1-34(2-8(16,17)18)31-35(3-9(19,20)21,4-10(22,23)24)33-36(32-34,5-11(25,26)27)6-12(28,29)30/h1-6H2. The molecule has 0 aromatic rings. The van der Waals surface area contributed by atoms with Crippen molar-refractivity contribution in [2.24, 2.45) is 13.5 Å². The van der Waals surface area contributed by atoms with Crippen LogP contribution >= 0.6 is 21.6 Å². The van der Waals surface area contributed by atoms with Crippen molar-refractivity contribution in [3.63, 3.8) is 0 Å². The predicted octanol–water partition coefficient (Wildman–Crippen LogP) is 9.72. The molecule has 0 saturated carbocycles. The van der Waals surface area contributed by atoms with Crippen molar-refractivity contribution in [1.29, 1.82) is 0 Å². The van der Waals surface area contributed by atoms with E-state index in [4.69, 9.17) is 0 Å². The fraction of sp³-hybridized carbons (Fsp3) is 1.00. The first-order valence-electron chi connectivity index (χ1n) is 8.62. The van der Waals surface area contributed by atoms with Gasteiger partial charge in [0.1, 0.15) is 0 Å². The number of hydrogen-bond acceptors (Lipinski definition) is 3. The molecular formula is C12H12F18N3P3. The maximum atomic E-state index is 13.2. The lowest BCUT2D eigenvalue weighted by Gasteiger charge is -2.38. The van der Waals surface area contributed by atoms with E-state index in [0.717, 1.165) is 0 Å². The van der Waals surface area contributed by atoms with Gasteiger partial charge in [-0.3, -0.25) is 0 Å². The van der Waals surface area contributed by atoms with Crippen LogP contribution in [0.25, 0.3) is 0 Å². The summed E-state index contributed by atoms with van der Waals surface area (Å²) in [4.78, 5) is 0. The number of hydrogen-bond donors (Lipinski definition) is 0. The maximum absolute atomic E-state index is 13.2. The predicted molar refractivity (Wildman–Crippen MR) is 93.6 cm³/mol. The van der Waals surface area contributed by atoms with Crippen LogP contribution < -0.4 is 0 Å². The van der Waals surface area contributed by atoms with E-state index in [9.17, 15) is 79.0 Å². The smallest absolute Gasteiger partial charge is 0.239 e. The van der Waals surface area contributed by atoms with Gasteiger partial charge in [0.2, 0.25) is 0 Å². The Bertz CT molecular complexity index is 758. The molecule has 0 spiro atoms. The van der Waals surface area contributed by atoms with Crippen LogP contribution in [0, 0.1) is 0 Å². The van der Waals surface area contributed by atoms with E-state index in [1.165, 1.54) is 0 Å². The van der Waals surface area contributed by atoms with E-state index in [1.54, 1.807) is 0 Å². The molecule has 1 rings (SSSR count). The second-order valence-corrected chi connectivity index (χ2v) is 16.9. The molecule has 1 heterocycles. The molecule has 3 nitrogen and oxygen atoms in total. The van der Waals surface area contributed by atoms with Crippen LogP contribution in [0.2, 0.25) is 0 Å².